The minimum absolute atomic E-state index is 0.169. The third kappa shape index (κ3) is 5.35. The second kappa shape index (κ2) is 8.87. The molecule has 25 heavy (non-hydrogen) atoms. The highest BCUT2D eigenvalue weighted by atomic mass is 15.1. The molecule has 0 aliphatic carbocycles. The Morgan fingerprint density at radius 2 is 1.24 bits per heavy atom. The molecule has 0 amide bonds. The van der Waals surface area contributed by atoms with E-state index in [2.05, 4.69) is 96.6 Å². The van der Waals surface area contributed by atoms with Gasteiger partial charge in [-0.05, 0) is 36.7 Å². The van der Waals surface area contributed by atoms with Crippen LogP contribution in [0.25, 0.3) is 0 Å². The lowest BCUT2D eigenvalue weighted by Gasteiger charge is -2.24. The first-order valence-electron chi connectivity index (χ1n) is 8.66. The summed E-state index contributed by atoms with van der Waals surface area (Å²) in [7, 11) is 2.15. The molecule has 0 saturated carbocycles. The lowest BCUT2D eigenvalue weighted by molar-refractivity contribution is 0.279. The topological polar surface area (TPSA) is 3.24 Å². The van der Waals surface area contributed by atoms with Crippen molar-refractivity contribution in [3.63, 3.8) is 0 Å². The maximum atomic E-state index is 3.48. The first-order chi connectivity index (χ1) is 12.3. The molecule has 0 fully saturated rings. The Bertz CT molecular complexity index is 813. The molecule has 0 aromatic heterocycles. The predicted molar refractivity (Wildman–Crippen MR) is 105 cm³/mol. The fourth-order valence-corrected chi connectivity index (χ4v) is 2.82. The van der Waals surface area contributed by atoms with Gasteiger partial charge in [0, 0.05) is 12.1 Å². The number of rotatable bonds is 5. The summed E-state index contributed by atoms with van der Waals surface area (Å²) in [5, 5.41) is 0. The number of hydrogen-bond donors (Lipinski definition) is 0. The largest absolute Gasteiger partial charge is 0.288 e. The molecule has 3 rings (SSSR count). The van der Waals surface area contributed by atoms with Crippen LogP contribution in [0.4, 0.5) is 0 Å². The van der Waals surface area contributed by atoms with E-state index in [-0.39, 0.29) is 6.04 Å². The summed E-state index contributed by atoms with van der Waals surface area (Å²) in [4.78, 5) is 2.33. The van der Waals surface area contributed by atoms with Crippen LogP contribution in [0, 0.1) is 11.8 Å². The van der Waals surface area contributed by atoms with Crippen molar-refractivity contribution in [2.75, 3.05) is 7.05 Å². The summed E-state index contributed by atoms with van der Waals surface area (Å²) < 4.78 is 0. The van der Waals surface area contributed by atoms with Crippen molar-refractivity contribution in [3.05, 3.63) is 108 Å². The monoisotopic (exact) mass is 325 g/mol. The van der Waals surface area contributed by atoms with Gasteiger partial charge >= 0.3 is 0 Å². The van der Waals surface area contributed by atoms with Crippen LogP contribution in [0.15, 0.2) is 91.0 Å². The fourth-order valence-electron chi connectivity index (χ4n) is 2.82. The van der Waals surface area contributed by atoms with Crippen LogP contribution in [-0.2, 0) is 13.0 Å². The van der Waals surface area contributed by atoms with Gasteiger partial charge in [-0.2, -0.15) is 0 Å². The van der Waals surface area contributed by atoms with Gasteiger partial charge in [0.1, 0.15) is 0 Å². The zero-order valence-electron chi connectivity index (χ0n) is 14.6. The maximum Gasteiger partial charge on any atom is 0.0759 e. The molecule has 1 atom stereocenters. The van der Waals surface area contributed by atoms with Crippen LogP contribution < -0.4 is 0 Å². The molecule has 124 valence electrons. The van der Waals surface area contributed by atoms with Gasteiger partial charge in [0.25, 0.3) is 0 Å². The van der Waals surface area contributed by atoms with E-state index in [4.69, 9.17) is 0 Å². The standard InChI is InChI=1S/C24H23N/c1-25(20-23-15-9-4-10-16-23)24(19-22-13-7-3-8-14-22)18-17-21-11-5-2-6-12-21/h2-16,24H,19-20H2,1H3. The Labute approximate surface area is 150 Å². The Kier molecular flexibility index (Phi) is 6.04. The average Bonchev–Trinajstić information content (AvgIpc) is 2.67. The molecule has 0 heterocycles. The van der Waals surface area contributed by atoms with E-state index < -0.39 is 0 Å². The van der Waals surface area contributed by atoms with Crippen LogP contribution in [0.3, 0.4) is 0 Å². The van der Waals surface area contributed by atoms with Gasteiger partial charge in [0.2, 0.25) is 0 Å². The zero-order valence-corrected chi connectivity index (χ0v) is 14.6. The molecular formula is C24H23N. The Morgan fingerprint density at radius 3 is 1.84 bits per heavy atom. The van der Waals surface area contributed by atoms with Gasteiger partial charge in [-0.25, -0.2) is 0 Å². The molecule has 0 spiro atoms. The van der Waals surface area contributed by atoms with Gasteiger partial charge < -0.3 is 0 Å². The van der Waals surface area contributed by atoms with E-state index in [0.29, 0.717) is 0 Å². The van der Waals surface area contributed by atoms with E-state index in [0.717, 1.165) is 18.5 Å². The van der Waals surface area contributed by atoms with Crippen LogP contribution in [0.5, 0.6) is 0 Å². The van der Waals surface area contributed by atoms with Gasteiger partial charge in [-0.3, -0.25) is 4.90 Å². The van der Waals surface area contributed by atoms with E-state index in [1.54, 1.807) is 0 Å². The summed E-state index contributed by atoms with van der Waals surface area (Å²) in [5.41, 5.74) is 3.69. The van der Waals surface area contributed by atoms with Crippen molar-refractivity contribution in [3.8, 4) is 11.8 Å². The van der Waals surface area contributed by atoms with Crippen LogP contribution in [-0.4, -0.2) is 18.0 Å². The van der Waals surface area contributed by atoms with Crippen LogP contribution >= 0.6 is 0 Å². The van der Waals surface area contributed by atoms with Crippen molar-refractivity contribution >= 4 is 0 Å². The highest BCUT2D eigenvalue weighted by Gasteiger charge is 2.13. The molecule has 1 nitrogen and oxygen atoms in total. The minimum atomic E-state index is 0.169. The number of nitrogens with zero attached hydrogens (tertiary/aromatic N) is 1. The summed E-state index contributed by atoms with van der Waals surface area (Å²) in [6.45, 7) is 0.891. The lowest BCUT2D eigenvalue weighted by atomic mass is 10.0. The first-order valence-corrected chi connectivity index (χ1v) is 8.66. The molecule has 1 unspecified atom stereocenters. The van der Waals surface area contributed by atoms with Crippen molar-refractivity contribution in [1.29, 1.82) is 0 Å². The molecule has 0 radical (unpaired) electrons. The highest BCUT2D eigenvalue weighted by Crippen LogP contribution is 2.11. The summed E-state index contributed by atoms with van der Waals surface area (Å²) >= 11 is 0. The lowest BCUT2D eigenvalue weighted by Crippen LogP contribution is -2.32. The SMILES string of the molecule is CN(Cc1ccccc1)C(C#Cc1ccccc1)Cc1ccccc1. The number of benzene rings is 3. The van der Waals surface area contributed by atoms with Crippen LogP contribution in [0.2, 0.25) is 0 Å². The molecule has 1 heteroatoms. The summed E-state index contributed by atoms with van der Waals surface area (Å²) in [6, 6.07) is 31.5. The second-order valence-corrected chi connectivity index (χ2v) is 6.24. The molecule has 3 aromatic carbocycles. The zero-order chi connectivity index (χ0) is 17.3. The molecule has 3 aromatic rings. The summed E-state index contributed by atoms with van der Waals surface area (Å²) in [6.07, 6.45) is 0.921. The third-order valence-electron chi connectivity index (χ3n) is 4.24. The quantitative estimate of drug-likeness (QED) is 0.610. The molecule has 0 bridgehead atoms. The average molecular weight is 325 g/mol. The van der Waals surface area contributed by atoms with Gasteiger partial charge in [0.05, 0.1) is 6.04 Å². The normalized spacial score (nSPS) is 11.6. The number of likely N-dealkylation sites (N-methyl/N-ethyl adjacent to an activating group) is 1. The minimum Gasteiger partial charge on any atom is -0.288 e. The first kappa shape index (κ1) is 17.0. The van der Waals surface area contributed by atoms with E-state index in [9.17, 15) is 0 Å². The van der Waals surface area contributed by atoms with E-state index >= 15 is 0 Å². The maximum absolute atomic E-state index is 3.48. The van der Waals surface area contributed by atoms with E-state index in [1.165, 1.54) is 11.1 Å². The second-order valence-electron chi connectivity index (χ2n) is 6.24. The Balaban J connectivity index is 1.79. The van der Waals surface area contributed by atoms with Gasteiger partial charge in [0.15, 0.2) is 0 Å². The Morgan fingerprint density at radius 1 is 0.720 bits per heavy atom. The van der Waals surface area contributed by atoms with E-state index in [1.807, 2.05) is 18.2 Å². The Hall–Kier alpha value is -2.82. The summed E-state index contributed by atoms with van der Waals surface area (Å²) in [5.74, 6) is 6.82. The van der Waals surface area contributed by atoms with Crippen LogP contribution in [0.1, 0.15) is 16.7 Å². The molecule has 0 saturated heterocycles. The van der Waals surface area contributed by atoms with Crippen molar-refractivity contribution < 1.29 is 0 Å². The number of hydrogen-bond acceptors (Lipinski definition) is 1. The fraction of sp³-hybridized carbons (Fsp3) is 0.167. The third-order valence-corrected chi connectivity index (χ3v) is 4.24. The molecular weight excluding hydrogens is 302 g/mol. The van der Waals surface area contributed by atoms with Crippen molar-refractivity contribution in [2.45, 2.75) is 19.0 Å². The highest BCUT2D eigenvalue weighted by molar-refractivity contribution is 5.35. The van der Waals surface area contributed by atoms with Crippen molar-refractivity contribution in [1.82, 2.24) is 4.90 Å². The molecule has 0 aliphatic heterocycles. The van der Waals surface area contributed by atoms with Crippen molar-refractivity contribution in [2.24, 2.45) is 0 Å². The van der Waals surface area contributed by atoms with Gasteiger partial charge in [-0.15, -0.1) is 0 Å². The van der Waals surface area contributed by atoms with Gasteiger partial charge in [-0.1, -0.05) is 90.7 Å². The molecule has 0 N–H and O–H groups in total. The smallest absolute Gasteiger partial charge is 0.0759 e. The molecule has 0 aliphatic rings. The predicted octanol–water partition coefficient (Wildman–Crippen LogP) is 4.78.